The van der Waals surface area contributed by atoms with Crippen LogP contribution in [0.1, 0.15) is 15.9 Å². The molecule has 0 atom stereocenters. The number of carboxylic acids is 1. The Balaban J connectivity index is 2.89. The Morgan fingerprint density at radius 1 is 1.40 bits per heavy atom. The lowest BCUT2D eigenvalue weighted by Crippen LogP contribution is -2.13. The maximum Gasteiger partial charge on any atom is 0.340 e. The molecule has 2 rings (SSSR count). The first-order valence-electron chi connectivity index (χ1n) is 4.35. The zero-order valence-electron chi connectivity index (χ0n) is 7.98. The number of carbonyl (C=O) groups is 1. The van der Waals surface area contributed by atoms with E-state index in [2.05, 4.69) is 0 Å². The molecule has 0 spiro atoms. The molecule has 3 nitrogen and oxygen atoms in total. The molecule has 1 aromatic carbocycles. The number of aromatic carboxylic acids is 1. The minimum atomic E-state index is -1.17. The lowest BCUT2D eigenvalue weighted by molar-refractivity contribution is 0.0696. The average Bonchev–Trinajstić information content (AvgIpc) is 2.19. The van der Waals surface area contributed by atoms with Gasteiger partial charge in [-0.2, -0.15) is 0 Å². The van der Waals surface area contributed by atoms with Gasteiger partial charge in [-0.15, -0.1) is 11.3 Å². The summed E-state index contributed by atoms with van der Waals surface area (Å²) < 4.78 is 0.815. The van der Waals surface area contributed by atoms with Gasteiger partial charge in [-0.1, -0.05) is 11.6 Å². The third-order valence-corrected chi connectivity index (χ3v) is 3.12. The summed E-state index contributed by atoms with van der Waals surface area (Å²) in [5.41, 5.74) is 0.396. The van der Waals surface area contributed by atoms with Crippen molar-refractivity contribution >= 4 is 27.4 Å². The molecule has 0 unspecified atom stereocenters. The number of carboxylic acid groups (broad SMARTS) is 1. The molecule has 2 aromatic rings. The highest BCUT2D eigenvalue weighted by Gasteiger charge is 2.11. The number of hydrogen-bond acceptors (Lipinski definition) is 3. The van der Waals surface area contributed by atoms with Gasteiger partial charge in [0.15, 0.2) is 0 Å². The number of rotatable bonds is 1. The molecule has 0 radical (unpaired) electrons. The maximum absolute atomic E-state index is 11.7. The van der Waals surface area contributed by atoms with Gasteiger partial charge in [0, 0.05) is 15.5 Å². The summed E-state index contributed by atoms with van der Waals surface area (Å²) in [4.78, 5) is 22.5. The van der Waals surface area contributed by atoms with Crippen LogP contribution in [-0.2, 0) is 0 Å². The Morgan fingerprint density at radius 3 is 2.80 bits per heavy atom. The fourth-order valence-corrected chi connectivity index (χ4v) is 2.27. The molecule has 0 fully saturated rings. The van der Waals surface area contributed by atoms with E-state index in [-0.39, 0.29) is 5.56 Å². The van der Waals surface area contributed by atoms with Crippen molar-refractivity contribution in [2.45, 2.75) is 6.92 Å². The van der Waals surface area contributed by atoms with Crippen LogP contribution in [0.15, 0.2) is 28.4 Å². The van der Waals surface area contributed by atoms with Crippen molar-refractivity contribution in [3.63, 3.8) is 0 Å². The third-order valence-electron chi connectivity index (χ3n) is 2.16. The van der Waals surface area contributed by atoms with Gasteiger partial charge >= 0.3 is 5.97 Å². The highest BCUT2D eigenvalue weighted by molar-refractivity contribution is 7.16. The summed E-state index contributed by atoms with van der Waals surface area (Å²) in [5, 5.41) is 10.7. The molecule has 0 aliphatic carbocycles. The summed E-state index contributed by atoms with van der Waals surface area (Å²) >= 11 is 1.27. The second-order valence-corrected chi connectivity index (χ2v) is 4.19. The van der Waals surface area contributed by atoms with E-state index in [1.54, 1.807) is 6.07 Å². The highest BCUT2D eigenvalue weighted by atomic mass is 32.1. The number of benzene rings is 1. The van der Waals surface area contributed by atoms with Crippen molar-refractivity contribution in [3.8, 4) is 0 Å². The van der Waals surface area contributed by atoms with Crippen molar-refractivity contribution in [2.24, 2.45) is 0 Å². The first-order chi connectivity index (χ1) is 7.09. The highest BCUT2D eigenvalue weighted by Crippen LogP contribution is 2.17. The Bertz CT molecular complexity index is 598. The Morgan fingerprint density at radius 2 is 2.13 bits per heavy atom. The first-order valence-corrected chi connectivity index (χ1v) is 5.23. The van der Waals surface area contributed by atoms with Gasteiger partial charge in [0.1, 0.15) is 5.56 Å². The van der Waals surface area contributed by atoms with E-state index in [0.717, 1.165) is 10.3 Å². The van der Waals surface area contributed by atoms with E-state index in [1.807, 2.05) is 19.1 Å². The molecule has 0 saturated carbocycles. The normalized spacial score (nSPS) is 10.5. The van der Waals surface area contributed by atoms with Crippen LogP contribution in [-0.4, -0.2) is 11.1 Å². The number of fused-ring (bicyclic) bond motifs is 1. The lowest BCUT2D eigenvalue weighted by atomic mass is 10.1. The Hall–Kier alpha value is -1.68. The topological polar surface area (TPSA) is 54.4 Å². The molecule has 15 heavy (non-hydrogen) atoms. The van der Waals surface area contributed by atoms with Crippen molar-refractivity contribution in [2.75, 3.05) is 0 Å². The van der Waals surface area contributed by atoms with Gasteiger partial charge in [-0.3, -0.25) is 4.79 Å². The predicted molar refractivity (Wildman–Crippen MR) is 59.8 cm³/mol. The van der Waals surface area contributed by atoms with Crippen molar-refractivity contribution in [1.82, 2.24) is 0 Å². The number of aryl methyl sites for hydroxylation is 1. The van der Waals surface area contributed by atoms with Crippen LogP contribution in [0.25, 0.3) is 10.1 Å². The molecule has 1 aromatic heterocycles. The zero-order valence-corrected chi connectivity index (χ0v) is 8.80. The van der Waals surface area contributed by atoms with E-state index in [0.29, 0.717) is 5.39 Å². The van der Waals surface area contributed by atoms with Crippen LogP contribution in [0, 0.1) is 6.92 Å². The number of hydrogen-bond donors (Lipinski definition) is 1. The Labute approximate surface area is 89.6 Å². The first kappa shape index (κ1) is 9.86. The molecular formula is C11H8O3S. The standard InChI is InChI=1S/C11H8O3S/c1-6-2-3-9-7(4-6)10(12)8(5-15-9)11(13)14/h2-5H,1H3,(H,13,14). The van der Waals surface area contributed by atoms with E-state index >= 15 is 0 Å². The zero-order chi connectivity index (χ0) is 11.0. The van der Waals surface area contributed by atoms with Crippen LogP contribution in [0.3, 0.4) is 0 Å². The molecule has 1 heterocycles. The molecule has 0 aliphatic heterocycles. The second-order valence-electron chi connectivity index (χ2n) is 3.28. The van der Waals surface area contributed by atoms with E-state index < -0.39 is 11.4 Å². The van der Waals surface area contributed by atoms with E-state index in [9.17, 15) is 9.59 Å². The quantitative estimate of drug-likeness (QED) is 0.802. The second kappa shape index (κ2) is 3.47. The fraction of sp³-hybridized carbons (Fsp3) is 0.0909. The van der Waals surface area contributed by atoms with Crippen LogP contribution in [0.5, 0.6) is 0 Å². The van der Waals surface area contributed by atoms with Gasteiger partial charge in [0.05, 0.1) is 0 Å². The SMILES string of the molecule is Cc1ccc2scc(C(=O)O)c(=O)c2c1. The van der Waals surface area contributed by atoms with Crippen LogP contribution >= 0.6 is 11.3 Å². The predicted octanol–water partition coefficient (Wildman–Crippen LogP) is 2.27. The summed E-state index contributed by atoms with van der Waals surface area (Å²) in [5.74, 6) is -1.17. The van der Waals surface area contributed by atoms with Crippen LogP contribution in [0.2, 0.25) is 0 Å². The van der Waals surface area contributed by atoms with E-state index in [4.69, 9.17) is 5.11 Å². The average molecular weight is 220 g/mol. The molecule has 0 saturated heterocycles. The molecule has 76 valence electrons. The van der Waals surface area contributed by atoms with Gasteiger partial charge in [-0.25, -0.2) is 4.79 Å². The monoisotopic (exact) mass is 220 g/mol. The van der Waals surface area contributed by atoms with Gasteiger partial charge in [0.2, 0.25) is 5.43 Å². The minimum Gasteiger partial charge on any atom is -0.478 e. The van der Waals surface area contributed by atoms with Gasteiger partial charge in [-0.05, 0) is 19.1 Å². The Kier molecular flexibility index (Phi) is 2.28. The van der Waals surface area contributed by atoms with Crippen LogP contribution in [0.4, 0.5) is 0 Å². The molecule has 0 aliphatic rings. The smallest absolute Gasteiger partial charge is 0.340 e. The van der Waals surface area contributed by atoms with E-state index in [1.165, 1.54) is 16.7 Å². The molecular weight excluding hydrogens is 212 g/mol. The summed E-state index contributed by atoms with van der Waals surface area (Å²) in [7, 11) is 0. The van der Waals surface area contributed by atoms with Crippen LogP contribution < -0.4 is 5.43 Å². The van der Waals surface area contributed by atoms with Gasteiger partial charge < -0.3 is 5.11 Å². The lowest BCUT2D eigenvalue weighted by Gasteiger charge is -1.99. The maximum atomic E-state index is 11.7. The largest absolute Gasteiger partial charge is 0.478 e. The summed E-state index contributed by atoms with van der Waals surface area (Å²) in [6.07, 6.45) is 0. The fourth-order valence-electron chi connectivity index (χ4n) is 1.39. The third kappa shape index (κ3) is 1.64. The van der Waals surface area contributed by atoms with Crippen molar-refractivity contribution in [1.29, 1.82) is 0 Å². The molecule has 0 amide bonds. The molecule has 1 N–H and O–H groups in total. The van der Waals surface area contributed by atoms with Crippen molar-refractivity contribution in [3.05, 3.63) is 44.9 Å². The molecule has 0 bridgehead atoms. The molecule has 4 heteroatoms. The minimum absolute atomic E-state index is 0.155. The summed E-state index contributed by atoms with van der Waals surface area (Å²) in [6, 6.07) is 5.46. The van der Waals surface area contributed by atoms with Gasteiger partial charge in [0.25, 0.3) is 0 Å². The summed E-state index contributed by atoms with van der Waals surface area (Å²) in [6.45, 7) is 1.87. The van der Waals surface area contributed by atoms with Crippen molar-refractivity contribution < 1.29 is 9.90 Å².